The zero-order valence-electron chi connectivity index (χ0n) is 12.1. The number of fused-ring (bicyclic) bond motifs is 3. The Morgan fingerprint density at radius 2 is 2.05 bits per heavy atom. The Kier molecular flexibility index (Phi) is 2.91. The number of pyridine rings is 1. The van der Waals surface area contributed by atoms with Gasteiger partial charge >= 0.3 is 5.97 Å². The highest BCUT2D eigenvalue weighted by atomic mass is 16.5. The van der Waals surface area contributed by atoms with E-state index in [0.29, 0.717) is 16.7 Å². The average molecular weight is 278 g/mol. The third-order valence-corrected chi connectivity index (χ3v) is 3.91. The topological polar surface area (TPSA) is 54.5 Å². The molecule has 0 atom stereocenters. The predicted molar refractivity (Wildman–Crippen MR) is 80.4 cm³/mol. The number of hydrogen-bond acceptors (Lipinski definition) is 3. The molecule has 3 rings (SSSR count). The summed E-state index contributed by atoms with van der Waals surface area (Å²) in [7, 11) is 1.34. The van der Waals surface area contributed by atoms with Crippen molar-refractivity contribution in [3.05, 3.63) is 52.7 Å². The number of aromatic nitrogens is 1. The van der Waals surface area contributed by atoms with Gasteiger partial charge in [0.1, 0.15) is 6.07 Å². The summed E-state index contributed by atoms with van der Waals surface area (Å²) in [4.78, 5) is 11.9. The van der Waals surface area contributed by atoms with E-state index in [2.05, 4.69) is 6.07 Å². The smallest absolute Gasteiger partial charge is 0.339 e. The highest BCUT2D eigenvalue weighted by molar-refractivity contribution is 5.96. The van der Waals surface area contributed by atoms with Crippen LogP contribution in [0.4, 0.5) is 0 Å². The molecule has 0 bridgehead atoms. The van der Waals surface area contributed by atoms with Gasteiger partial charge in [-0.3, -0.25) is 0 Å². The normalized spacial score (nSPS) is 10.8. The lowest BCUT2D eigenvalue weighted by molar-refractivity contribution is 0.0599. The number of hydrogen-bond donors (Lipinski definition) is 0. The third kappa shape index (κ3) is 1.78. The summed E-state index contributed by atoms with van der Waals surface area (Å²) in [5, 5.41) is 10.6. The van der Waals surface area contributed by atoms with E-state index < -0.39 is 5.97 Å². The monoisotopic (exact) mass is 278 g/mol. The maximum atomic E-state index is 11.9. The van der Waals surface area contributed by atoms with Crippen LogP contribution in [0.15, 0.2) is 30.5 Å². The molecule has 2 aromatic heterocycles. The second-order valence-corrected chi connectivity index (χ2v) is 5.05. The summed E-state index contributed by atoms with van der Waals surface area (Å²) in [6.07, 6.45) is 1.75. The van der Waals surface area contributed by atoms with Crippen molar-refractivity contribution in [3.63, 3.8) is 0 Å². The largest absolute Gasteiger partial charge is 0.465 e. The van der Waals surface area contributed by atoms with E-state index in [4.69, 9.17) is 4.74 Å². The number of methoxy groups -OCH3 is 1. The number of benzene rings is 1. The molecule has 0 saturated heterocycles. The van der Waals surface area contributed by atoms with Gasteiger partial charge in [-0.2, -0.15) is 5.26 Å². The minimum absolute atomic E-state index is 0.417. The molecule has 0 fully saturated rings. The number of aryl methyl sites for hydroxylation is 1. The Labute approximate surface area is 122 Å². The highest BCUT2D eigenvalue weighted by Gasteiger charge is 2.18. The van der Waals surface area contributed by atoms with Crippen LogP contribution in [0.25, 0.3) is 16.4 Å². The van der Waals surface area contributed by atoms with Gasteiger partial charge in [0.05, 0.1) is 29.3 Å². The van der Waals surface area contributed by atoms with Gasteiger partial charge in [0.2, 0.25) is 0 Å². The first-order valence-corrected chi connectivity index (χ1v) is 6.61. The predicted octanol–water partition coefficient (Wildman–Crippen LogP) is 3.37. The number of nitriles is 1. The summed E-state index contributed by atoms with van der Waals surface area (Å²) < 4.78 is 6.71. The van der Waals surface area contributed by atoms with E-state index in [1.165, 1.54) is 7.11 Å². The average Bonchev–Trinajstić information content (AvgIpc) is 2.85. The molecule has 2 heterocycles. The van der Waals surface area contributed by atoms with E-state index in [1.807, 2.05) is 35.6 Å². The Morgan fingerprint density at radius 3 is 2.71 bits per heavy atom. The summed E-state index contributed by atoms with van der Waals surface area (Å²) >= 11 is 0. The number of esters is 1. The lowest BCUT2D eigenvalue weighted by Crippen LogP contribution is -2.07. The fraction of sp³-hybridized carbons (Fsp3) is 0.176. The minimum Gasteiger partial charge on any atom is -0.465 e. The molecule has 4 heteroatoms. The van der Waals surface area contributed by atoms with E-state index in [-0.39, 0.29) is 0 Å². The van der Waals surface area contributed by atoms with Crippen molar-refractivity contribution in [1.29, 1.82) is 5.26 Å². The molecule has 0 spiro atoms. The second kappa shape index (κ2) is 4.64. The molecule has 0 saturated carbocycles. The molecular weight excluding hydrogens is 264 g/mol. The SMILES string of the molecule is COC(=O)c1cn2c(cc3c(C)cccc32)c(C#N)c1C. The Bertz CT molecular complexity index is 929. The highest BCUT2D eigenvalue weighted by Crippen LogP contribution is 2.28. The Balaban J connectivity index is 2.54. The molecule has 104 valence electrons. The molecule has 3 aromatic rings. The van der Waals surface area contributed by atoms with Crippen molar-refractivity contribution < 1.29 is 9.53 Å². The lowest BCUT2D eigenvalue weighted by Gasteiger charge is -2.08. The van der Waals surface area contributed by atoms with Crippen LogP contribution < -0.4 is 0 Å². The zero-order chi connectivity index (χ0) is 15.1. The fourth-order valence-electron chi connectivity index (χ4n) is 2.74. The van der Waals surface area contributed by atoms with Gasteiger partial charge in [-0.25, -0.2) is 4.79 Å². The molecule has 4 nitrogen and oxygen atoms in total. The van der Waals surface area contributed by atoms with Gasteiger partial charge in [-0.1, -0.05) is 12.1 Å². The van der Waals surface area contributed by atoms with Crippen molar-refractivity contribution in [2.75, 3.05) is 7.11 Å². The lowest BCUT2D eigenvalue weighted by atomic mass is 10.0. The van der Waals surface area contributed by atoms with E-state index in [9.17, 15) is 10.1 Å². The number of nitrogens with zero attached hydrogens (tertiary/aromatic N) is 2. The van der Waals surface area contributed by atoms with Crippen LogP contribution in [0.1, 0.15) is 27.0 Å². The second-order valence-electron chi connectivity index (χ2n) is 5.05. The Hall–Kier alpha value is -2.80. The maximum absolute atomic E-state index is 11.9. The van der Waals surface area contributed by atoms with Crippen LogP contribution in [0.2, 0.25) is 0 Å². The van der Waals surface area contributed by atoms with Crippen LogP contribution in [-0.2, 0) is 4.74 Å². The van der Waals surface area contributed by atoms with E-state index in [1.54, 1.807) is 13.1 Å². The first-order chi connectivity index (χ1) is 10.1. The summed E-state index contributed by atoms with van der Waals surface area (Å²) in [6, 6.07) is 10.2. The van der Waals surface area contributed by atoms with Crippen molar-refractivity contribution in [1.82, 2.24) is 4.40 Å². The number of carbonyl (C=O) groups is 1. The quantitative estimate of drug-likeness (QED) is 0.641. The summed E-state index contributed by atoms with van der Waals surface area (Å²) in [5.74, 6) is -0.430. The van der Waals surface area contributed by atoms with Crippen molar-refractivity contribution >= 4 is 22.4 Å². The molecule has 0 radical (unpaired) electrons. The Morgan fingerprint density at radius 1 is 1.29 bits per heavy atom. The molecular formula is C17H14N2O2. The van der Waals surface area contributed by atoms with Crippen LogP contribution in [0, 0.1) is 25.2 Å². The fourth-order valence-corrected chi connectivity index (χ4v) is 2.74. The van der Waals surface area contributed by atoms with Crippen molar-refractivity contribution in [2.45, 2.75) is 13.8 Å². The summed E-state index contributed by atoms with van der Waals surface area (Å²) in [5.41, 5.74) is 4.50. The first-order valence-electron chi connectivity index (χ1n) is 6.61. The molecule has 0 amide bonds. The van der Waals surface area contributed by atoms with Crippen molar-refractivity contribution in [3.8, 4) is 6.07 Å². The first kappa shape index (κ1) is 13.2. The van der Waals surface area contributed by atoms with E-state index in [0.717, 1.165) is 22.0 Å². The zero-order valence-corrected chi connectivity index (χ0v) is 12.1. The van der Waals surface area contributed by atoms with Gasteiger partial charge in [0.25, 0.3) is 0 Å². The van der Waals surface area contributed by atoms with E-state index >= 15 is 0 Å². The number of carbonyl (C=O) groups excluding carboxylic acids is 1. The standard InChI is InChI=1S/C17H14N2O2/c1-10-5-4-6-15-12(10)7-16-13(8-18)11(2)14(9-19(15)16)17(20)21-3/h4-7,9H,1-3H3. The molecule has 0 aliphatic rings. The molecule has 1 aromatic carbocycles. The molecule has 0 aliphatic heterocycles. The van der Waals surface area contributed by atoms with Gasteiger partial charge in [-0.05, 0) is 37.1 Å². The van der Waals surface area contributed by atoms with Gasteiger partial charge in [0, 0.05) is 11.6 Å². The summed E-state index contributed by atoms with van der Waals surface area (Å²) in [6.45, 7) is 3.80. The van der Waals surface area contributed by atoms with Gasteiger partial charge in [0.15, 0.2) is 0 Å². The molecule has 0 unspecified atom stereocenters. The van der Waals surface area contributed by atoms with Crippen molar-refractivity contribution in [2.24, 2.45) is 0 Å². The van der Waals surface area contributed by atoms with Gasteiger partial charge < -0.3 is 9.14 Å². The third-order valence-electron chi connectivity index (χ3n) is 3.91. The van der Waals surface area contributed by atoms with Crippen LogP contribution in [0.5, 0.6) is 0 Å². The maximum Gasteiger partial charge on any atom is 0.339 e. The molecule has 21 heavy (non-hydrogen) atoms. The number of ether oxygens (including phenoxy) is 1. The van der Waals surface area contributed by atoms with Crippen LogP contribution in [0.3, 0.4) is 0 Å². The minimum atomic E-state index is -0.430. The molecule has 0 aliphatic carbocycles. The van der Waals surface area contributed by atoms with Gasteiger partial charge in [-0.15, -0.1) is 0 Å². The number of rotatable bonds is 1. The molecule has 0 N–H and O–H groups in total. The van der Waals surface area contributed by atoms with Crippen LogP contribution in [-0.4, -0.2) is 17.5 Å². The van der Waals surface area contributed by atoms with Crippen LogP contribution >= 0.6 is 0 Å².